The Labute approximate surface area is 213 Å². The maximum absolute atomic E-state index is 12.2. The molecule has 7 nitrogen and oxygen atoms in total. The van der Waals surface area contributed by atoms with Gasteiger partial charge in [-0.25, -0.2) is 4.79 Å². The van der Waals surface area contributed by atoms with Crippen LogP contribution in [0.2, 0.25) is 0 Å². The number of hydrogen-bond donors (Lipinski definition) is 3. The SMILES string of the molecule is C[C@@H](CCNC(=O)OCc1ccccc1)CC(=O)NCCNc1ccc(OCc2ccccc2)cc1. The summed E-state index contributed by atoms with van der Waals surface area (Å²) in [5.41, 5.74) is 3.04. The molecule has 2 amide bonds. The van der Waals surface area contributed by atoms with Crippen LogP contribution in [0.25, 0.3) is 0 Å². The van der Waals surface area contributed by atoms with Crippen LogP contribution in [0.15, 0.2) is 84.9 Å². The molecule has 0 fully saturated rings. The van der Waals surface area contributed by atoms with E-state index in [1.165, 1.54) is 0 Å². The number of anilines is 1. The van der Waals surface area contributed by atoms with Crippen LogP contribution >= 0.6 is 0 Å². The second kappa shape index (κ2) is 15.1. The van der Waals surface area contributed by atoms with Gasteiger partial charge in [0.25, 0.3) is 0 Å². The largest absolute Gasteiger partial charge is 0.489 e. The Kier molecular flexibility index (Phi) is 11.2. The minimum atomic E-state index is -0.447. The molecule has 3 rings (SSSR count). The molecule has 0 aliphatic carbocycles. The standard InChI is InChI=1S/C29H35N3O4/c1-23(16-17-32-29(34)36-22-25-10-6-3-7-11-25)20-28(33)31-19-18-30-26-12-14-27(15-13-26)35-21-24-8-4-2-5-9-24/h2-15,23,30H,16-22H2,1H3,(H,31,33)(H,32,34)/t23-/m0/s1. The third kappa shape index (κ3) is 10.5. The number of amides is 2. The molecule has 0 spiro atoms. The van der Waals surface area contributed by atoms with Crippen molar-refractivity contribution in [1.29, 1.82) is 0 Å². The maximum atomic E-state index is 12.2. The fourth-order valence-corrected chi connectivity index (χ4v) is 3.50. The summed E-state index contributed by atoms with van der Waals surface area (Å²) >= 11 is 0. The number of carbonyl (C=O) groups is 2. The van der Waals surface area contributed by atoms with Crippen LogP contribution in [-0.4, -0.2) is 31.6 Å². The summed E-state index contributed by atoms with van der Waals surface area (Å²) in [6, 6.07) is 27.4. The number of nitrogens with one attached hydrogen (secondary N) is 3. The van der Waals surface area contributed by atoms with Gasteiger partial charge in [0.2, 0.25) is 5.91 Å². The van der Waals surface area contributed by atoms with E-state index in [2.05, 4.69) is 16.0 Å². The third-order valence-corrected chi connectivity index (χ3v) is 5.53. The van der Waals surface area contributed by atoms with Crippen LogP contribution in [-0.2, 0) is 22.7 Å². The van der Waals surface area contributed by atoms with Gasteiger partial charge in [-0.2, -0.15) is 0 Å². The average Bonchev–Trinajstić information content (AvgIpc) is 2.90. The van der Waals surface area contributed by atoms with E-state index in [0.717, 1.165) is 22.6 Å². The lowest BCUT2D eigenvalue weighted by Crippen LogP contribution is -2.31. The molecule has 3 aromatic carbocycles. The van der Waals surface area contributed by atoms with Gasteiger partial charge in [-0.05, 0) is 47.7 Å². The second-order valence-corrected chi connectivity index (χ2v) is 8.66. The zero-order chi connectivity index (χ0) is 25.4. The molecule has 1 atom stereocenters. The number of rotatable bonds is 14. The molecular formula is C29H35N3O4. The monoisotopic (exact) mass is 489 g/mol. The number of alkyl carbamates (subject to hydrolysis) is 1. The Balaban J connectivity index is 1.21. The van der Waals surface area contributed by atoms with Crippen molar-refractivity contribution in [3.63, 3.8) is 0 Å². The highest BCUT2D eigenvalue weighted by molar-refractivity contribution is 5.76. The molecule has 0 radical (unpaired) electrons. The molecule has 3 N–H and O–H groups in total. The van der Waals surface area contributed by atoms with Crippen molar-refractivity contribution < 1.29 is 19.1 Å². The summed E-state index contributed by atoms with van der Waals surface area (Å²) in [5, 5.41) is 8.96. The number of hydrogen-bond acceptors (Lipinski definition) is 5. The van der Waals surface area contributed by atoms with Crippen molar-refractivity contribution in [3.8, 4) is 5.75 Å². The lowest BCUT2D eigenvalue weighted by Gasteiger charge is -2.13. The van der Waals surface area contributed by atoms with Gasteiger partial charge in [-0.1, -0.05) is 67.6 Å². The molecular weight excluding hydrogens is 454 g/mol. The summed E-state index contributed by atoms with van der Waals surface area (Å²) in [5.74, 6) is 0.960. The van der Waals surface area contributed by atoms with Gasteiger partial charge in [0, 0.05) is 31.7 Å². The van der Waals surface area contributed by atoms with E-state index in [1.54, 1.807) is 0 Å². The van der Waals surface area contributed by atoms with Gasteiger partial charge < -0.3 is 25.4 Å². The molecule has 0 bridgehead atoms. The zero-order valence-electron chi connectivity index (χ0n) is 20.7. The molecule has 0 saturated carbocycles. The van der Waals surface area contributed by atoms with Crippen LogP contribution < -0.4 is 20.7 Å². The first-order chi connectivity index (χ1) is 17.6. The van der Waals surface area contributed by atoms with E-state index in [1.807, 2.05) is 91.9 Å². The van der Waals surface area contributed by atoms with Crippen LogP contribution in [0, 0.1) is 5.92 Å². The summed E-state index contributed by atoms with van der Waals surface area (Å²) < 4.78 is 11.0. The normalized spacial score (nSPS) is 11.2. The molecule has 3 aromatic rings. The van der Waals surface area contributed by atoms with Crippen LogP contribution in [0.3, 0.4) is 0 Å². The van der Waals surface area contributed by atoms with Crippen molar-refractivity contribution in [1.82, 2.24) is 10.6 Å². The Morgan fingerprint density at radius 3 is 2.06 bits per heavy atom. The van der Waals surface area contributed by atoms with Gasteiger partial charge in [-0.15, -0.1) is 0 Å². The van der Waals surface area contributed by atoms with E-state index in [4.69, 9.17) is 9.47 Å². The fraction of sp³-hybridized carbons (Fsp3) is 0.310. The third-order valence-electron chi connectivity index (χ3n) is 5.53. The van der Waals surface area contributed by atoms with Gasteiger partial charge in [0.05, 0.1) is 0 Å². The smallest absolute Gasteiger partial charge is 0.407 e. The molecule has 0 aliphatic heterocycles. The summed E-state index contributed by atoms with van der Waals surface area (Å²) in [6.07, 6.45) is 0.663. The Bertz CT molecular complexity index is 1040. The van der Waals surface area contributed by atoms with Gasteiger partial charge in [0.15, 0.2) is 0 Å². The van der Waals surface area contributed by atoms with Gasteiger partial charge >= 0.3 is 6.09 Å². The minimum Gasteiger partial charge on any atom is -0.489 e. The van der Waals surface area contributed by atoms with Crippen LogP contribution in [0.5, 0.6) is 5.75 Å². The minimum absolute atomic E-state index is 0.000569. The first-order valence-corrected chi connectivity index (χ1v) is 12.3. The summed E-state index contributed by atoms with van der Waals surface area (Å²) in [4.78, 5) is 24.0. The lowest BCUT2D eigenvalue weighted by atomic mass is 10.0. The quantitative estimate of drug-likeness (QED) is 0.273. The first-order valence-electron chi connectivity index (χ1n) is 12.3. The van der Waals surface area contributed by atoms with Gasteiger partial charge in [0.1, 0.15) is 19.0 Å². The molecule has 0 aliphatic rings. The van der Waals surface area contributed by atoms with Crippen molar-refractivity contribution in [2.75, 3.05) is 25.0 Å². The zero-order valence-corrected chi connectivity index (χ0v) is 20.7. The predicted octanol–water partition coefficient (Wildman–Crippen LogP) is 5.14. The van der Waals surface area contributed by atoms with E-state index in [-0.39, 0.29) is 18.4 Å². The van der Waals surface area contributed by atoms with E-state index < -0.39 is 6.09 Å². The first kappa shape index (κ1) is 26.6. The maximum Gasteiger partial charge on any atom is 0.407 e. The van der Waals surface area contributed by atoms with E-state index in [9.17, 15) is 9.59 Å². The highest BCUT2D eigenvalue weighted by Crippen LogP contribution is 2.17. The molecule has 0 saturated heterocycles. The molecule has 0 unspecified atom stereocenters. The van der Waals surface area contributed by atoms with Crippen molar-refractivity contribution in [3.05, 3.63) is 96.1 Å². The van der Waals surface area contributed by atoms with Crippen LogP contribution in [0.4, 0.5) is 10.5 Å². The van der Waals surface area contributed by atoms with E-state index in [0.29, 0.717) is 39.1 Å². The molecule has 0 aromatic heterocycles. The molecule has 190 valence electrons. The van der Waals surface area contributed by atoms with Crippen molar-refractivity contribution >= 4 is 17.7 Å². The van der Waals surface area contributed by atoms with E-state index >= 15 is 0 Å². The Hall–Kier alpha value is -4.00. The Morgan fingerprint density at radius 2 is 1.39 bits per heavy atom. The van der Waals surface area contributed by atoms with Crippen molar-refractivity contribution in [2.24, 2.45) is 5.92 Å². The summed E-state index contributed by atoms with van der Waals surface area (Å²) in [6.45, 7) is 4.39. The van der Waals surface area contributed by atoms with Crippen LogP contribution in [0.1, 0.15) is 30.9 Å². The number of ether oxygens (including phenoxy) is 2. The highest BCUT2D eigenvalue weighted by atomic mass is 16.5. The summed E-state index contributed by atoms with van der Waals surface area (Å²) in [7, 11) is 0. The predicted molar refractivity (Wildman–Crippen MR) is 142 cm³/mol. The molecule has 0 heterocycles. The highest BCUT2D eigenvalue weighted by Gasteiger charge is 2.10. The molecule has 7 heteroatoms. The number of benzene rings is 3. The Morgan fingerprint density at radius 1 is 0.750 bits per heavy atom. The fourth-order valence-electron chi connectivity index (χ4n) is 3.50. The average molecular weight is 490 g/mol. The second-order valence-electron chi connectivity index (χ2n) is 8.66. The molecule has 36 heavy (non-hydrogen) atoms. The lowest BCUT2D eigenvalue weighted by molar-refractivity contribution is -0.121. The van der Waals surface area contributed by atoms with Crippen molar-refractivity contribution in [2.45, 2.75) is 33.0 Å². The topological polar surface area (TPSA) is 88.7 Å². The number of carbonyl (C=O) groups excluding carboxylic acids is 2. The van der Waals surface area contributed by atoms with Gasteiger partial charge in [-0.3, -0.25) is 4.79 Å².